The van der Waals surface area contributed by atoms with Gasteiger partial charge in [-0.05, 0) is 19.1 Å². The lowest BCUT2D eigenvalue weighted by atomic mass is 10.3. The first-order chi connectivity index (χ1) is 8.52. The van der Waals surface area contributed by atoms with Crippen LogP contribution in [0.25, 0.3) is 0 Å². The molecule has 18 heavy (non-hydrogen) atoms. The van der Waals surface area contributed by atoms with Crippen LogP contribution in [0.15, 0.2) is 18.2 Å². The number of hydrogen-bond acceptors (Lipinski definition) is 4. The van der Waals surface area contributed by atoms with Gasteiger partial charge in [-0.1, -0.05) is 11.6 Å². The number of nitrogen functional groups attached to an aromatic ring is 1. The molecular formula is C12H11ClN4O. The topological polar surface area (TPSA) is 76.9 Å². The third kappa shape index (κ3) is 2.11. The summed E-state index contributed by atoms with van der Waals surface area (Å²) >= 11 is 5.91. The normalized spacial score (nSPS) is 10.1. The van der Waals surface area contributed by atoms with Crippen LogP contribution in [0.3, 0.4) is 0 Å². The van der Waals surface area contributed by atoms with Crippen LogP contribution in [0, 0.1) is 18.3 Å². The molecule has 92 valence electrons. The Hall–Kier alpha value is -2.19. The van der Waals surface area contributed by atoms with E-state index in [1.165, 1.54) is 4.68 Å². The van der Waals surface area contributed by atoms with Gasteiger partial charge in [0.1, 0.15) is 17.4 Å². The van der Waals surface area contributed by atoms with Crippen molar-refractivity contribution < 1.29 is 4.74 Å². The highest BCUT2D eigenvalue weighted by atomic mass is 35.5. The molecule has 0 radical (unpaired) electrons. The zero-order chi connectivity index (χ0) is 13.3. The van der Waals surface area contributed by atoms with Crippen molar-refractivity contribution in [2.45, 2.75) is 6.92 Å². The first-order valence-electron chi connectivity index (χ1n) is 5.19. The van der Waals surface area contributed by atoms with E-state index in [1.807, 2.05) is 0 Å². The van der Waals surface area contributed by atoms with Crippen molar-refractivity contribution in [1.29, 1.82) is 5.26 Å². The minimum Gasteiger partial charge on any atom is -0.438 e. The summed E-state index contributed by atoms with van der Waals surface area (Å²) in [5.74, 6) is 0.893. The molecular weight excluding hydrogens is 252 g/mol. The molecule has 0 aliphatic heterocycles. The highest BCUT2D eigenvalue weighted by Gasteiger charge is 2.15. The lowest BCUT2D eigenvalue weighted by Gasteiger charge is -2.07. The van der Waals surface area contributed by atoms with Crippen LogP contribution in [0.4, 0.5) is 5.69 Å². The first kappa shape index (κ1) is 12.3. The zero-order valence-corrected chi connectivity index (χ0v) is 10.7. The van der Waals surface area contributed by atoms with Gasteiger partial charge in [0.25, 0.3) is 0 Å². The fourth-order valence-corrected chi connectivity index (χ4v) is 1.74. The van der Waals surface area contributed by atoms with Crippen molar-refractivity contribution in [1.82, 2.24) is 9.78 Å². The zero-order valence-electron chi connectivity index (χ0n) is 9.94. The van der Waals surface area contributed by atoms with Crippen molar-refractivity contribution in [3.05, 3.63) is 34.5 Å². The number of aryl methyl sites for hydroxylation is 2. The first-order valence-corrected chi connectivity index (χ1v) is 5.57. The summed E-state index contributed by atoms with van der Waals surface area (Å²) in [7, 11) is 1.71. The molecule has 0 aliphatic rings. The maximum atomic E-state index is 9.06. The summed E-state index contributed by atoms with van der Waals surface area (Å²) in [4.78, 5) is 0. The number of anilines is 1. The molecule has 0 aliphatic carbocycles. The van der Waals surface area contributed by atoms with Gasteiger partial charge in [-0.2, -0.15) is 10.4 Å². The van der Waals surface area contributed by atoms with Gasteiger partial charge in [-0.15, -0.1) is 0 Å². The molecule has 2 rings (SSSR count). The maximum Gasteiger partial charge on any atom is 0.235 e. The van der Waals surface area contributed by atoms with Crippen LogP contribution in [0.5, 0.6) is 11.6 Å². The second-order valence-corrected chi connectivity index (χ2v) is 4.19. The number of ether oxygens (including phenoxy) is 1. The van der Waals surface area contributed by atoms with E-state index in [0.717, 1.165) is 0 Å². The predicted molar refractivity (Wildman–Crippen MR) is 68.6 cm³/mol. The maximum absolute atomic E-state index is 9.06. The van der Waals surface area contributed by atoms with Crippen molar-refractivity contribution in [2.75, 3.05) is 5.73 Å². The number of aromatic nitrogens is 2. The highest BCUT2D eigenvalue weighted by molar-refractivity contribution is 6.33. The molecule has 0 amide bonds. The molecule has 5 nitrogen and oxygen atoms in total. The van der Waals surface area contributed by atoms with Gasteiger partial charge in [-0.3, -0.25) is 0 Å². The number of halogens is 1. The largest absolute Gasteiger partial charge is 0.438 e. The molecule has 0 unspecified atom stereocenters. The third-order valence-corrected chi connectivity index (χ3v) is 2.80. The Morgan fingerprint density at radius 2 is 2.22 bits per heavy atom. The van der Waals surface area contributed by atoms with Gasteiger partial charge in [-0.25, -0.2) is 4.68 Å². The number of nitrogens with two attached hydrogens (primary N) is 1. The molecule has 0 bridgehead atoms. The smallest absolute Gasteiger partial charge is 0.235 e. The van der Waals surface area contributed by atoms with Gasteiger partial charge < -0.3 is 10.5 Å². The summed E-state index contributed by atoms with van der Waals surface area (Å²) in [6, 6.07) is 6.99. The Kier molecular flexibility index (Phi) is 3.13. The molecule has 1 aromatic carbocycles. The third-order valence-electron chi connectivity index (χ3n) is 2.47. The highest BCUT2D eigenvalue weighted by Crippen LogP contribution is 2.30. The molecule has 1 heterocycles. The van der Waals surface area contributed by atoms with E-state index in [2.05, 4.69) is 11.2 Å². The van der Waals surface area contributed by atoms with Gasteiger partial charge >= 0.3 is 0 Å². The molecule has 0 atom stereocenters. The molecule has 1 aromatic heterocycles. The lowest BCUT2D eigenvalue weighted by Crippen LogP contribution is -1.96. The lowest BCUT2D eigenvalue weighted by molar-refractivity contribution is 0.429. The van der Waals surface area contributed by atoms with Gasteiger partial charge in [0.15, 0.2) is 0 Å². The average molecular weight is 263 g/mol. The van der Waals surface area contributed by atoms with Crippen LogP contribution >= 0.6 is 11.6 Å². The van der Waals surface area contributed by atoms with Crippen molar-refractivity contribution in [3.8, 4) is 17.7 Å². The van der Waals surface area contributed by atoms with Crippen molar-refractivity contribution >= 4 is 17.3 Å². The molecule has 0 saturated carbocycles. The van der Waals surface area contributed by atoms with E-state index in [-0.39, 0.29) is 0 Å². The fourth-order valence-electron chi connectivity index (χ4n) is 1.57. The van der Waals surface area contributed by atoms with Crippen LogP contribution in [0.1, 0.15) is 11.3 Å². The molecule has 0 saturated heterocycles. The van der Waals surface area contributed by atoms with E-state index in [9.17, 15) is 0 Å². The second-order valence-electron chi connectivity index (χ2n) is 3.79. The van der Waals surface area contributed by atoms with E-state index in [4.69, 9.17) is 27.3 Å². The van der Waals surface area contributed by atoms with E-state index >= 15 is 0 Å². The van der Waals surface area contributed by atoms with Crippen molar-refractivity contribution in [2.24, 2.45) is 7.05 Å². The molecule has 2 aromatic rings. The van der Waals surface area contributed by atoms with Crippen LogP contribution in [-0.2, 0) is 7.05 Å². The van der Waals surface area contributed by atoms with Crippen LogP contribution in [0.2, 0.25) is 5.02 Å². The van der Waals surface area contributed by atoms with Crippen molar-refractivity contribution in [3.63, 3.8) is 0 Å². The summed E-state index contributed by atoms with van der Waals surface area (Å²) in [5.41, 5.74) is 7.12. The predicted octanol–water partition coefficient (Wildman–Crippen LogP) is 2.63. The summed E-state index contributed by atoms with van der Waals surface area (Å²) in [6.07, 6.45) is 0. The monoisotopic (exact) mass is 262 g/mol. The summed E-state index contributed by atoms with van der Waals surface area (Å²) in [5, 5.41) is 13.6. The number of hydrogen-bond donors (Lipinski definition) is 1. The van der Waals surface area contributed by atoms with Gasteiger partial charge in [0, 0.05) is 13.1 Å². The Bertz CT molecular complexity index is 642. The molecule has 0 fully saturated rings. The van der Waals surface area contributed by atoms with E-state index in [0.29, 0.717) is 33.6 Å². The minimum absolute atomic E-state index is 0.385. The molecule has 0 spiro atoms. The van der Waals surface area contributed by atoms with Crippen LogP contribution in [-0.4, -0.2) is 9.78 Å². The number of nitrogens with zero attached hydrogens (tertiary/aromatic N) is 3. The molecule has 6 heteroatoms. The Morgan fingerprint density at radius 1 is 1.50 bits per heavy atom. The Morgan fingerprint density at radius 3 is 2.83 bits per heavy atom. The summed E-state index contributed by atoms with van der Waals surface area (Å²) in [6.45, 7) is 1.75. The number of benzene rings is 1. The number of nitriles is 1. The van der Waals surface area contributed by atoms with E-state index < -0.39 is 0 Å². The quantitative estimate of drug-likeness (QED) is 0.844. The van der Waals surface area contributed by atoms with E-state index in [1.54, 1.807) is 32.2 Å². The summed E-state index contributed by atoms with van der Waals surface area (Å²) < 4.78 is 7.14. The Balaban J connectivity index is 2.40. The fraction of sp³-hybridized carbons (Fsp3) is 0.167. The van der Waals surface area contributed by atoms with Gasteiger partial charge in [0.2, 0.25) is 5.88 Å². The molecule has 2 N–H and O–H groups in total. The minimum atomic E-state index is 0.385. The standard InChI is InChI=1S/C12H11ClN4O/c1-7-9(6-14)12(17(2)16-7)18-8-3-4-11(15)10(13)5-8/h3-5H,15H2,1-2H3. The van der Waals surface area contributed by atoms with Crippen LogP contribution < -0.4 is 10.5 Å². The van der Waals surface area contributed by atoms with Gasteiger partial charge in [0.05, 0.1) is 16.4 Å². The second kappa shape index (κ2) is 4.59. The average Bonchev–Trinajstić information content (AvgIpc) is 2.58. The number of rotatable bonds is 2. The SMILES string of the molecule is Cc1nn(C)c(Oc2ccc(N)c(Cl)c2)c1C#N. The Labute approximate surface area is 109 Å².